The molecular formula is C9H13BrN2OS. The van der Waals surface area contributed by atoms with Gasteiger partial charge in [0.1, 0.15) is 4.60 Å². The van der Waals surface area contributed by atoms with Crippen molar-refractivity contribution in [3.05, 3.63) is 9.98 Å². The predicted molar refractivity (Wildman–Crippen MR) is 62.0 cm³/mol. The van der Waals surface area contributed by atoms with Gasteiger partial charge in [-0.1, -0.05) is 0 Å². The third kappa shape index (κ3) is 1.94. The van der Waals surface area contributed by atoms with Crippen LogP contribution in [0, 0.1) is 0 Å². The Balaban J connectivity index is 2.17. The van der Waals surface area contributed by atoms with Gasteiger partial charge in [-0.15, -0.1) is 11.3 Å². The van der Waals surface area contributed by atoms with Crippen molar-refractivity contribution in [1.82, 2.24) is 4.98 Å². The van der Waals surface area contributed by atoms with Crippen LogP contribution in [0.3, 0.4) is 0 Å². The fourth-order valence-corrected chi connectivity index (χ4v) is 2.95. The molecule has 0 radical (unpaired) electrons. The van der Waals surface area contributed by atoms with Gasteiger partial charge in [-0.2, -0.15) is 0 Å². The van der Waals surface area contributed by atoms with E-state index in [1.54, 1.807) is 11.3 Å². The van der Waals surface area contributed by atoms with Gasteiger partial charge in [0.25, 0.3) is 0 Å². The zero-order valence-electron chi connectivity index (χ0n) is 8.24. The molecule has 3 nitrogen and oxygen atoms in total. The summed E-state index contributed by atoms with van der Waals surface area (Å²) in [6, 6.07) is 0.404. The second-order valence-corrected chi connectivity index (χ2v) is 5.11. The molecule has 1 fully saturated rings. The molecule has 2 atom stereocenters. The molecule has 0 amide bonds. The van der Waals surface area contributed by atoms with Crippen LogP contribution in [0.25, 0.3) is 0 Å². The molecule has 2 rings (SSSR count). The molecular weight excluding hydrogens is 264 g/mol. The summed E-state index contributed by atoms with van der Waals surface area (Å²) in [5.41, 5.74) is 0. The highest BCUT2D eigenvalue weighted by Gasteiger charge is 2.27. The van der Waals surface area contributed by atoms with Gasteiger partial charge in [0, 0.05) is 11.9 Å². The minimum atomic E-state index is 0.284. The number of hydrogen-bond donors (Lipinski definition) is 0. The van der Waals surface area contributed by atoms with Gasteiger partial charge in [-0.05, 0) is 29.8 Å². The SMILES string of the molecule is CC1OCCN(c2nc(Br)cs2)C1C. The molecule has 0 aromatic carbocycles. The van der Waals surface area contributed by atoms with Crippen LogP contribution < -0.4 is 4.90 Å². The zero-order valence-corrected chi connectivity index (χ0v) is 10.6. The van der Waals surface area contributed by atoms with E-state index in [0.29, 0.717) is 6.04 Å². The predicted octanol–water partition coefficient (Wildman–Crippen LogP) is 2.52. The Labute approximate surface area is 96.2 Å². The van der Waals surface area contributed by atoms with Crippen molar-refractivity contribution in [3.63, 3.8) is 0 Å². The minimum absolute atomic E-state index is 0.284. The van der Waals surface area contributed by atoms with Gasteiger partial charge < -0.3 is 9.64 Å². The van der Waals surface area contributed by atoms with Crippen LogP contribution in [0.5, 0.6) is 0 Å². The lowest BCUT2D eigenvalue weighted by atomic mass is 10.1. The van der Waals surface area contributed by atoms with Crippen molar-refractivity contribution in [2.75, 3.05) is 18.1 Å². The summed E-state index contributed by atoms with van der Waals surface area (Å²) < 4.78 is 6.49. The second-order valence-electron chi connectivity index (χ2n) is 3.46. The number of ether oxygens (including phenoxy) is 1. The molecule has 2 heterocycles. The van der Waals surface area contributed by atoms with Crippen LogP contribution in [0.1, 0.15) is 13.8 Å². The smallest absolute Gasteiger partial charge is 0.186 e. The van der Waals surface area contributed by atoms with Crippen LogP contribution in [0.4, 0.5) is 5.13 Å². The first-order valence-corrected chi connectivity index (χ1v) is 6.35. The number of morpholine rings is 1. The highest BCUT2D eigenvalue weighted by atomic mass is 79.9. The molecule has 0 bridgehead atoms. The largest absolute Gasteiger partial charge is 0.375 e. The van der Waals surface area contributed by atoms with E-state index in [4.69, 9.17) is 4.74 Å². The maximum absolute atomic E-state index is 5.57. The number of rotatable bonds is 1. The summed E-state index contributed by atoms with van der Waals surface area (Å²) >= 11 is 5.05. The molecule has 2 unspecified atom stereocenters. The first kappa shape index (κ1) is 10.4. The number of hydrogen-bond acceptors (Lipinski definition) is 4. The molecule has 0 saturated carbocycles. The summed E-state index contributed by atoms with van der Waals surface area (Å²) in [4.78, 5) is 6.73. The van der Waals surface area contributed by atoms with Crippen molar-refractivity contribution in [3.8, 4) is 0 Å². The van der Waals surface area contributed by atoms with Gasteiger partial charge in [0.2, 0.25) is 0 Å². The molecule has 0 aliphatic carbocycles. The Kier molecular flexibility index (Phi) is 3.09. The van der Waals surface area contributed by atoms with E-state index in [2.05, 4.69) is 39.7 Å². The minimum Gasteiger partial charge on any atom is -0.375 e. The average Bonchev–Trinajstić information content (AvgIpc) is 2.57. The third-order valence-electron chi connectivity index (χ3n) is 2.59. The zero-order chi connectivity index (χ0) is 10.1. The average molecular weight is 277 g/mol. The highest BCUT2D eigenvalue weighted by Crippen LogP contribution is 2.27. The third-order valence-corrected chi connectivity index (χ3v) is 4.18. The number of aromatic nitrogens is 1. The molecule has 0 N–H and O–H groups in total. The van der Waals surface area contributed by atoms with Crippen LogP contribution in [-0.4, -0.2) is 30.3 Å². The van der Waals surface area contributed by atoms with E-state index in [1.165, 1.54) is 0 Å². The van der Waals surface area contributed by atoms with Crippen LogP contribution in [0.15, 0.2) is 9.98 Å². The van der Waals surface area contributed by atoms with Gasteiger partial charge in [0.15, 0.2) is 5.13 Å². The first-order chi connectivity index (χ1) is 6.68. The van der Waals surface area contributed by atoms with Gasteiger partial charge in [-0.3, -0.25) is 0 Å². The maximum Gasteiger partial charge on any atom is 0.186 e. The molecule has 78 valence electrons. The molecule has 1 aromatic heterocycles. The topological polar surface area (TPSA) is 25.4 Å². The summed E-state index contributed by atoms with van der Waals surface area (Å²) in [6.07, 6.45) is 0.284. The quantitative estimate of drug-likeness (QED) is 0.788. The van der Waals surface area contributed by atoms with E-state index in [1.807, 2.05) is 5.38 Å². The van der Waals surface area contributed by atoms with Gasteiger partial charge >= 0.3 is 0 Å². The molecule has 5 heteroatoms. The molecule has 1 aliphatic rings. The van der Waals surface area contributed by atoms with Crippen molar-refractivity contribution < 1.29 is 4.74 Å². The standard InChI is InChI=1S/C9H13BrN2OS/c1-6-7(2)13-4-3-12(6)9-11-8(10)5-14-9/h5-7H,3-4H2,1-2H3. The van der Waals surface area contributed by atoms with Crippen molar-refractivity contribution in [1.29, 1.82) is 0 Å². The summed E-state index contributed by atoms with van der Waals surface area (Å²) in [5.74, 6) is 0. The lowest BCUT2D eigenvalue weighted by molar-refractivity contribution is 0.0284. The molecule has 14 heavy (non-hydrogen) atoms. The Bertz CT molecular complexity index is 318. The monoisotopic (exact) mass is 276 g/mol. The van der Waals surface area contributed by atoms with Crippen LogP contribution >= 0.6 is 27.3 Å². The van der Waals surface area contributed by atoms with Crippen molar-refractivity contribution >= 4 is 32.4 Å². The molecule has 0 spiro atoms. The number of thiazole rings is 1. The van der Waals surface area contributed by atoms with Gasteiger partial charge in [-0.25, -0.2) is 4.98 Å². The Morgan fingerprint density at radius 2 is 2.43 bits per heavy atom. The Hall–Kier alpha value is -0.130. The number of nitrogens with zero attached hydrogens (tertiary/aromatic N) is 2. The van der Waals surface area contributed by atoms with E-state index in [9.17, 15) is 0 Å². The maximum atomic E-state index is 5.57. The normalized spacial score (nSPS) is 28.1. The van der Waals surface area contributed by atoms with E-state index < -0.39 is 0 Å². The van der Waals surface area contributed by atoms with Crippen LogP contribution in [-0.2, 0) is 4.74 Å². The van der Waals surface area contributed by atoms with E-state index >= 15 is 0 Å². The fraction of sp³-hybridized carbons (Fsp3) is 0.667. The molecule has 1 saturated heterocycles. The van der Waals surface area contributed by atoms with E-state index in [0.717, 1.165) is 22.9 Å². The molecule has 1 aliphatic heterocycles. The van der Waals surface area contributed by atoms with Crippen molar-refractivity contribution in [2.45, 2.75) is 26.0 Å². The summed E-state index contributed by atoms with van der Waals surface area (Å²) in [7, 11) is 0. The summed E-state index contributed by atoms with van der Waals surface area (Å²) in [5, 5.41) is 3.10. The second kappa shape index (κ2) is 4.16. The Morgan fingerprint density at radius 1 is 1.64 bits per heavy atom. The van der Waals surface area contributed by atoms with Crippen molar-refractivity contribution in [2.24, 2.45) is 0 Å². The van der Waals surface area contributed by atoms with E-state index in [-0.39, 0.29) is 6.10 Å². The number of halogens is 1. The van der Waals surface area contributed by atoms with Gasteiger partial charge in [0.05, 0.1) is 18.8 Å². The highest BCUT2D eigenvalue weighted by molar-refractivity contribution is 9.10. The molecule has 1 aromatic rings. The first-order valence-electron chi connectivity index (χ1n) is 4.68. The summed E-state index contributed by atoms with van der Waals surface area (Å²) in [6.45, 7) is 6.02. The lowest BCUT2D eigenvalue weighted by Gasteiger charge is -2.37. The number of anilines is 1. The van der Waals surface area contributed by atoms with Crippen LogP contribution in [0.2, 0.25) is 0 Å². The Morgan fingerprint density at radius 3 is 3.07 bits per heavy atom. The fourth-order valence-electron chi connectivity index (χ4n) is 1.58. The lowest BCUT2D eigenvalue weighted by Crippen LogP contribution is -2.48.